The van der Waals surface area contributed by atoms with Crippen LogP contribution >= 0.6 is 0 Å². The van der Waals surface area contributed by atoms with E-state index < -0.39 is 0 Å². The standard InChI is InChI=1S/C16H23N3/c1-11(2)12(3)19(4)10-13-7-8-15(17)14-6-5-9-18-16(13)14/h5-9,11-12H,10,17H2,1-4H3. The molecule has 2 aromatic rings. The lowest BCUT2D eigenvalue weighted by Gasteiger charge is -2.28. The second-order valence-corrected chi connectivity index (χ2v) is 5.61. The molecule has 0 aliphatic rings. The van der Waals surface area contributed by atoms with Crippen LogP contribution in [0.4, 0.5) is 5.69 Å². The van der Waals surface area contributed by atoms with Crippen LogP contribution in [0.5, 0.6) is 0 Å². The molecule has 0 amide bonds. The summed E-state index contributed by atoms with van der Waals surface area (Å²) in [6, 6.07) is 8.58. The number of nitrogen functional groups attached to an aromatic ring is 1. The van der Waals surface area contributed by atoms with E-state index >= 15 is 0 Å². The Kier molecular flexibility index (Phi) is 4.05. The number of benzene rings is 1. The number of nitrogens with zero attached hydrogens (tertiary/aromatic N) is 2. The van der Waals surface area contributed by atoms with Crippen molar-refractivity contribution in [3.63, 3.8) is 0 Å². The van der Waals surface area contributed by atoms with E-state index in [1.807, 2.05) is 24.4 Å². The second-order valence-electron chi connectivity index (χ2n) is 5.61. The minimum absolute atomic E-state index is 0.538. The molecule has 1 atom stereocenters. The van der Waals surface area contributed by atoms with Gasteiger partial charge >= 0.3 is 0 Å². The van der Waals surface area contributed by atoms with Gasteiger partial charge in [-0.15, -0.1) is 0 Å². The van der Waals surface area contributed by atoms with Crippen LogP contribution in [-0.4, -0.2) is 23.0 Å². The van der Waals surface area contributed by atoms with Crippen LogP contribution < -0.4 is 5.73 Å². The first-order chi connectivity index (χ1) is 9.00. The van der Waals surface area contributed by atoms with Crippen LogP contribution in [0.1, 0.15) is 26.3 Å². The molecule has 1 unspecified atom stereocenters. The Bertz CT molecular complexity index is 563. The lowest BCUT2D eigenvalue weighted by Crippen LogP contribution is -2.32. The number of anilines is 1. The maximum absolute atomic E-state index is 6.01. The Morgan fingerprint density at radius 1 is 1.21 bits per heavy atom. The molecule has 0 aliphatic carbocycles. The molecule has 0 aliphatic heterocycles. The van der Waals surface area contributed by atoms with Gasteiger partial charge in [0.15, 0.2) is 0 Å². The number of aromatic nitrogens is 1. The van der Waals surface area contributed by atoms with Crippen molar-refractivity contribution >= 4 is 16.6 Å². The van der Waals surface area contributed by atoms with Gasteiger partial charge in [0, 0.05) is 29.9 Å². The smallest absolute Gasteiger partial charge is 0.0767 e. The van der Waals surface area contributed by atoms with Crippen molar-refractivity contribution in [1.29, 1.82) is 0 Å². The molecule has 0 radical (unpaired) electrons. The third-order valence-corrected chi connectivity index (χ3v) is 3.97. The predicted molar refractivity (Wildman–Crippen MR) is 81.9 cm³/mol. The summed E-state index contributed by atoms with van der Waals surface area (Å²) in [6.07, 6.45) is 1.83. The normalized spacial score (nSPS) is 13.4. The molecule has 1 aromatic carbocycles. The molecule has 2 rings (SSSR count). The van der Waals surface area contributed by atoms with Crippen molar-refractivity contribution in [3.05, 3.63) is 36.0 Å². The highest BCUT2D eigenvalue weighted by Gasteiger charge is 2.15. The maximum atomic E-state index is 6.01. The molecule has 0 saturated carbocycles. The Balaban J connectivity index is 2.34. The number of fused-ring (bicyclic) bond motifs is 1. The third kappa shape index (κ3) is 2.87. The van der Waals surface area contributed by atoms with E-state index in [0.717, 1.165) is 23.1 Å². The van der Waals surface area contributed by atoms with Gasteiger partial charge < -0.3 is 5.73 Å². The first kappa shape index (κ1) is 13.8. The molecule has 0 fully saturated rings. The second kappa shape index (κ2) is 5.57. The van der Waals surface area contributed by atoms with Crippen LogP contribution in [0.3, 0.4) is 0 Å². The summed E-state index contributed by atoms with van der Waals surface area (Å²) in [6.45, 7) is 7.66. The van der Waals surface area contributed by atoms with E-state index in [9.17, 15) is 0 Å². The highest BCUT2D eigenvalue weighted by atomic mass is 15.1. The molecule has 0 bridgehead atoms. The molecule has 2 N–H and O–H groups in total. The zero-order chi connectivity index (χ0) is 14.0. The summed E-state index contributed by atoms with van der Waals surface area (Å²) in [5.74, 6) is 0.637. The van der Waals surface area contributed by atoms with E-state index in [1.165, 1.54) is 5.56 Å². The molecular formula is C16H23N3. The summed E-state index contributed by atoms with van der Waals surface area (Å²) in [5, 5.41) is 1.05. The molecule has 1 heterocycles. The van der Waals surface area contributed by atoms with Gasteiger partial charge in [-0.3, -0.25) is 9.88 Å². The van der Waals surface area contributed by atoms with E-state index in [4.69, 9.17) is 5.73 Å². The van der Waals surface area contributed by atoms with Gasteiger partial charge in [0.05, 0.1) is 5.52 Å². The topological polar surface area (TPSA) is 42.1 Å². The quantitative estimate of drug-likeness (QED) is 0.855. The highest BCUT2D eigenvalue weighted by molar-refractivity contribution is 5.92. The third-order valence-electron chi connectivity index (χ3n) is 3.97. The fourth-order valence-electron chi connectivity index (χ4n) is 2.30. The molecule has 0 spiro atoms. The summed E-state index contributed by atoms with van der Waals surface area (Å²) in [5.41, 5.74) is 9.06. The van der Waals surface area contributed by atoms with Crippen molar-refractivity contribution in [3.8, 4) is 0 Å². The average Bonchev–Trinajstić information content (AvgIpc) is 2.41. The van der Waals surface area contributed by atoms with Gasteiger partial charge in [-0.2, -0.15) is 0 Å². The van der Waals surface area contributed by atoms with Crippen molar-refractivity contribution in [1.82, 2.24) is 9.88 Å². The summed E-state index contributed by atoms with van der Waals surface area (Å²) in [7, 11) is 2.16. The number of rotatable bonds is 4. The van der Waals surface area contributed by atoms with E-state index in [-0.39, 0.29) is 0 Å². The molecule has 19 heavy (non-hydrogen) atoms. The van der Waals surface area contributed by atoms with Crippen molar-refractivity contribution < 1.29 is 0 Å². The van der Waals surface area contributed by atoms with E-state index in [0.29, 0.717) is 12.0 Å². The fraction of sp³-hybridized carbons (Fsp3) is 0.438. The van der Waals surface area contributed by atoms with Crippen LogP contribution in [0.15, 0.2) is 30.5 Å². The first-order valence-electron chi connectivity index (χ1n) is 6.83. The summed E-state index contributed by atoms with van der Waals surface area (Å²) in [4.78, 5) is 6.86. The molecule has 0 saturated heterocycles. The maximum Gasteiger partial charge on any atom is 0.0767 e. The predicted octanol–water partition coefficient (Wildman–Crippen LogP) is 3.29. The number of pyridine rings is 1. The largest absolute Gasteiger partial charge is 0.398 e. The molecule has 1 aromatic heterocycles. The zero-order valence-corrected chi connectivity index (χ0v) is 12.2. The van der Waals surface area contributed by atoms with Crippen LogP contribution in [-0.2, 0) is 6.54 Å². The number of hydrogen-bond donors (Lipinski definition) is 1. The Hall–Kier alpha value is -1.61. The van der Waals surface area contributed by atoms with Gasteiger partial charge in [0.2, 0.25) is 0 Å². The lowest BCUT2D eigenvalue weighted by atomic mass is 10.0. The summed E-state index contributed by atoms with van der Waals surface area (Å²) >= 11 is 0. The van der Waals surface area contributed by atoms with Crippen LogP contribution in [0, 0.1) is 5.92 Å². The zero-order valence-electron chi connectivity index (χ0n) is 12.2. The van der Waals surface area contributed by atoms with Gasteiger partial charge in [-0.1, -0.05) is 19.9 Å². The van der Waals surface area contributed by atoms with Gasteiger partial charge in [0.25, 0.3) is 0 Å². The lowest BCUT2D eigenvalue weighted by molar-refractivity contribution is 0.201. The average molecular weight is 257 g/mol. The Morgan fingerprint density at radius 2 is 1.95 bits per heavy atom. The first-order valence-corrected chi connectivity index (χ1v) is 6.83. The monoisotopic (exact) mass is 257 g/mol. The fourth-order valence-corrected chi connectivity index (χ4v) is 2.30. The Labute approximate surface area is 115 Å². The summed E-state index contributed by atoms with van der Waals surface area (Å²) < 4.78 is 0. The minimum Gasteiger partial charge on any atom is -0.398 e. The van der Waals surface area contributed by atoms with Gasteiger partial charge in [-0.05, 0) is 43.7 Å². The van der Waals surface area contributed by atoms with Gasteiger partial charge in [0.1, 0.15) is 0 Å². The molecule has 3 heteroatoms. The van der Waals surface area contributed by atoms with E-state index in [1.54, 1.807) is 0 Å². The van der Waals surface area contributed by atoms with Crippen LogP contribution in [0.2, 0.25) is 0 Å². The van der Waals surface area contributed by atoms with Crippen molar-refractivity contribution in [2.45, 2.75) is 33.4 Å². The number of hydrogen-bond acceptors (Lipinski definition) is 3. The van der Waals surface area contributed by atoms with Gasteiger partial charge in [-0.25, -0.2) is 0 Å². The minimum atomic E-state index is 0.538. The molecular weight excluding hydrogens is 234 g/mol. The van der Waals surface area contributed by atoms with Crippen molar-refractivity contribution in [2.75, 3.05) is 12.8 Å². The SMILES string of the molecule is CC(C)C(C)N(C)Cc1ccc(N)c2cccnc12. The Morgan fingerprint density at radius 3 is 2.63 bits per heavy atom. The van der Waals surface area contributed by atoms with Crippen molar-refractivity contribution in [2.24, 2.45) is 5.92 Å². The van der Waals surface area contributed by atoms with Crippen LogP contribution in [0.25, 0.3) is 10.9 Å². The highest BCUT2D eigenvalue weighted by Crippen LogP contribution is 2.24. The number of nitrogens with two attached hydrogens (primary N) is 1. The molecule has 3 nitrogen and oxygen atoms in total. The van der Waals surface area contributed by atoms with E-state index in [2.05, 4.69) is 43.8 Å². The molecule has 102 valence electrons.